The van der Waals surface area contributed by atoms with Crippen LogP contribution in [0.1, 0.15) is 42.1 Å². The lowest BCUT2D eigenvalue weighted by Gasteiger charge is -2.22. The lowest BCUT2D eigenvalue weighted by Crippen LogP contribution is -2.27. The predicted molar refractivity (Wildman–Crippen MR) is 82.0 cm³/mol. The van der Waals surface area contributed by atoms with Crippen LogP contribution in [-0.4, -0.2) is 6.61 Å². The fourth-order valence-corrected chi connectivity index (χ4v) is 2.79. The van der Waals surface area contributed by atoms with E-state index in [0.29, 0.717) is 6.04 Å². The van der Waals surface area contributed by atoms with Crippen LogP contribution in [-0.2, 0) is 0 Å². The SMILES string of the molecule is CCC(NC1COc2ccccc21)c1ccc(C)cc1. The molecule has 1 heterocycles. The molecule has 0 aromatic heterocycles. The minimum absolute atomic E-state index is 0.289. The van der Waals surface area contributed by atoms with Crippen molar-refractivity contribution >= 4 is 0 Å². The second kappa shape index (κ2) is 5.68. The summed E-state index contributed by atoms with van der Waals surface area (Å²) in [7, 11) is 0. The number of hydrogen-bond donors (Lipinski definition) is 1. The number of ether oxygens (including phenoxy) is 1. The van der Waals surface area contributed by atoms with Crippen molar-refractivity contribution in [2.24, 2.45) is 0 Å². The molecule has 0 saturated heterocycles. The number of fused-ring (bicyclic) bond motifs is 1. The van der Waals surface area contributed by atoms with Gasteiger partial charge in [0.15, 0.2) is 0 Å². The van der Waals surface area contributed by atoms with E-state index < -0.39 is 0 Å². The lowest BCUT2D eigenvalue weighted by atomic mass is 10.0. The molecule has 0 bridgehead atoms. The van der Waals surface area contributed by atoms with Gasteiger partial charge < -0.3 is 10.1 Å². The highest BCUT2D eigenvalue weighted by atomic mass is 16.5. The van der Waals surface area contributed by atoms with Crippen molar-refractivity contribution in [3.63, 3.8) is 0 Å². The molecule has 0 saturated carbocycles. The lowest BCUT2D eigenvalue weighted by molar-refractivity contribution is 0.296. The highest BCUT2D eigenvalue weighted by molar-refractivity contribution is 5.39. The molecule has 2 heteroatoms. The molecule has 2 atom stereocenters. The number of hydrogen-bond acceptors (Lipinski definition) is 2. The van der Waals surface area contributed by atoms with Crippen LogP contribution in [0.25, 0.3) is 0 Å². The maximum Gasteiger partial charge on any atom is 0.124 e. The highest BCUT2D eigenvalue weighted by Gasteiger charge is 2.25. The summed E-state index contributed by atoms with van der Waals surface area (Å²) < 4.78 is 5.75. The molecule has 2 unspecified atom stereocenters. The first kappa shape index (κ1) is 13.2. The summed E-state index contributed by atoms with van der Waals surface area (Å²) in [5.41, 5.74) is 3.93. The van der Waals surface area contributed by atoms with Gasteiger partial charge in [0, 0.05) is 11.6 Å². The van der Waals surface area contributed by atoms with Gasteiger partial charge in [-0.15, -0.1) is 0 Å². The van der Waals surface area contributed by atoms with E-state index in [1.165, 1.54) is 16.7 Å². The van der Waals surface area contributed by atoms with Gasteiger partial charge >= 0.3 is 0 Å². The molecule has 0 aliphatic carbocycles. The Morgan fingerprint density at radius 2 is 1.90 bits per heavy atom. The van der Waals surface area contributed by atoms with Crippen molar-refractivity contribution in [2.75, 3.05) is 6.61 Å². The van der Waals surface area contributed by atoms with Crippen molar-refractivity contribution in [2.45, 2.75) is 32.4 Å². The summed E-state index contributed by atoms with van der Waals surface area (Å²) in [4.78, 5) is 0. The normalized spacial score (nSPS) is 18.4. The summed E-state index contributed by atoms with van der Waals surface area (Å²) in [5.74, 6) is 1.02. The van der Waals surface area contributed by atoms with E-state index in [-0.39, 0.29) is 6.04 Å². The monoisotopic (exact) mass is 267 g/mol. The average molecular weight is 267 g/mol. The van der Waals surface area contributed by atoms with Crippen molar-refractivity contribution in [1.29, 1.82) is 0 Å². The van der Waals surface area contributed by atoms with Crippen molar-refractivity contribution in [3.05, 3.63) is 65.2 Å². The summed E-state index contributed by atoms with van der Waals surface area (Å²) >= 11 is 0. The van der Waals surface area contributed by atoms with Crippen LogP contribution in [0.5, 0.6) is 5.75 Å². The first-order chi connectivity index (χ1) is 9.78. The van der Waals surface area contributed by atoms with Crippen molar-refractivity contribution in [1.82, 2.24) is 5.32 Å². The van der Waals surface area contributed by atoms with Crippen molar-refractivity contribution in [3.8, 4) is 5.75 Å². The van der Waals surface area contributed by atoms with E-state index in [2.05, 4.69) is 55.6 Å². The Balaban J connectivity index is 1.78. The molecule has 0 radical (unpaired) electrons. The van der Waals surface area contributed by atoms with Gasteiger partial charge in [0.1, 0.15) is 12.4 Å². The van der Waals surface area contributed by atoms with Crippen LogP contribution >= 0.6 is 0 Å². The third-order valence-corrected chi connectivity index (χ3v) is 3.99. The van der Waals surface area contributed by atoms with Gasteiger partial charge in [0.05, 0.1) is 6.04 Å². The molecule has 0 fully saturated rings. The van der Waals surface area contributed by atoms with Gasteiger partial charge in [0.2, 0.25) is 0 Å². The number of nitrogens with one attached hydrogen (secondary N) is 1. The van der Waals surface area contributed by atoms with E-state index in [1.54, 1.807) is 0 Å². The highest BCUT2D eigenvalue weighted by Crippen LogP contribution is 2.33. The van der Waals surface area contributed by atoms with E-state index in [1.807, 2.05) is 12.1 Å². The van der Waals surface area contributed by atoms with Crippen LogP contribution in [0.2, 0.25) is 0 Å². The zero-order valence-corrected chi connectivity index (χ0v) is 12.1. The number of rotatable bonds is 4. The fraction of sp³-hybridized carbons (Fsp3) is 0.333. The minimum Gasteiger partial charge on any atom is -0.491 e. The second-order valence-electron chi connectivity index (χ2n) is 5.44. The Labute approximate surface area is 120 Å². The predicted octanol–water partition coefficient (Wildman–Crippen LogP) is 4.17. The van der Waals surface area contributed by atoms with Gasteiger partial charge in [-0.3, -0.25) is 0 Å². The Bertz CT molecular complexity index is 576. The molecule has 2 aromatic carbocycles. The quantitative estimate of drug-likeness (QED) is 0.897. The van der Waals surface area contributed by atoms with Crippen LogP contribution in [0.4, 0.5) is 0 Å². The molecule has 0 spiro atoms. The van der Waals surface area contributed by atoms with Crippen LogP contribution in [0, 0.1) is 6.92 Å². The van der Waals surface area contributed by atoms with Gasteiger partial charge in [-0.2, -0.15) is 0 Å². The minimum atomic E-state index is 0.289. The molecular weight excluding hydrogens is 246 g/mol. The number of benzene rings is 2. The Morgan fingerprint density at radius 1 is 1.15 bits per heavy atom. The van der Waals surface area contributed by atoms with Crippen LogP contribution in [0.15, 0.2) is 48.5 Å². The standard InChI is InChI=1S/C18H21NO/c1-3-16(14-10-8-13(2)9-11-14)19-17-12-20-18-7-5-4-6-15(17)18/h4-11,16-17,19H,3,12H2,1-2H3. The van der Waals surface area contributed by atoms with E-state index >= 15 is 0 Å². The first-order valence-electron chi connectivity index (χ1n) is 7.32. The first-order valence-corrected chi connectivity index (χ1v) is 7.32. The van der Waals surface area contributed by atoms with Gasteiger partial charge in [-0.25, -0.2) is 0 Å². The Hall–Kier alpha value is -1.80. The van der Waals surface area contributed by atoms with Crippen molar-refractivity contribution < 1.29 is 4.74 Å². The molecular formula is C18H21NO. The smallest absolute Gasteiger partial charge is 0.124 e. The Morgan fingerprint density at radius 3 is 2.65 bits per heavy atom. The summed E-state index contributed by atoms with van der Waals surface area (Å²) in [6.07, 6.45) is 1.07. The van der Waals surface area contributed by atoms with E-state index in [0.717, 1.165) is 18.8 Å². The fourth-order valence-electron chi connectivity index (χ4n) is 2.79. The zero-order chi connectivity index (χ0) is 13.9. The topological polar surface area (TPSA) is 21.3 Å². The largest absolute Gasteiger partial charge is 0.491 e. The van der Waals surface area contributed by atoms with E-state index in [4.69, 9.17) is 4.74 Å². The second-order valence-corrected chi connectivity index (χ2v) is 5.44. The van der Waals surface area contributed by atoms with Crippen LogP contribution in [0.3, 0.4) is 0 Å². The third kappa shape index (κ3) is 2.56. The maximum absolute atomic E-state index is 5.75. The molecule has 104 valence electrons. The molecule has 20 heavy (non-hydrogen) atoms. The molecule has 0 amide bonds. The van der Waals surface area contributed by atoms with E-state index in [9.17, 15) is 0 Å². The summed E-state index contributed by atoms with van der Waals surface area (Å²) in [5, 5.41) is 3.73. The molecule has 1 aliphatic heterocycles. The zero-order valence-electron chi connectivity index (χ0n) is 12.1. The van der Waals surface area contributed by atoms with Gasteiger partial charge in [0.25, 0.3) is 0 Å². The molecule has 1 N–H and O–H groups in total. The molecule has 2 aromatic rings. The maximum atomic E-state index is 5.75. The molecule has 3 rings (SSSR count). The number of aryl methyl sites for hydroxylation is 1. The third-order valence-electron chi connectivity index (χ3n) is 3.99. The molecule has 2 nitrogen and oxygen atoms in total. The van der Waals surface area contributed by atoms with Gasteiger partial charge in [-0.1, -0.05) is 55.0 Å². The van der Waals surface area contributed by atoms with Gasteiger partial charge in [-0.05, 0) is 25.0 Å². The Kier molecular flexibility index (Phi) is 3.75. The average Bonchev–Trinajstić information content (AvgIpc) is 2.89. The summed E-state index contributed by atoms with van der Waals surface area (Å²) in [6.45, 7) is 5.07. The summed E-state index contributed by atoms with van der Waals surface area (Å²) in [6, 6.07) is 17.8. The number of para-hydroxylation sites is 1. The molecule has 1 aliphatic rings. The van der Waals surface area contributed by atoms with Crippen LogP contribution < -0.4 is 10.1 Å².